The van der Waals surface area contributed by atoms with Crippen molar-refractivity contribution in [2.45, 2.75) is 38.8 Å². The van der Waals surface area contributed by atoms with Crippen LogP contribution in [0.4, 0.5) is 4.79 Å². The van der Waals surface area contributed by atoms with Crippen LogP contribution in [-0.2, 0) is 9.53 Å². The molecule has 1 unspecified atom stereocenters. The highest BCUT2D eigenvalue weighted by Gasteiger charge is 2.37. The molecule has 1 heterocycles. The number of nitrogens with zero attached hydrogens (tertiary/aromatic N) is 2. The Morgan fingerprint density at radius 2 is 2.11 bits per heavy atom. The fraction of sp³-hybridized carbons (Fsp3) is 0.692. The Kier molecular flexibility index (Phi) is 4.38. The van der Waals surface area contributed by atoms with Crippen LogP contribution in [0.25, 0.3) is 0 Å². The Labute approximate surface area is 108 Å². The van der Waals surface area contributed by atoms with Crippen LogP contribution in [0.5, 0.6) is 0 Å². The smallest absolute Gasteiger partial charge is 0.411 e. The maximum atomic E-state index is 12.0. The Morgan fingerprint density at radius 3 is 2.61 bits per heavy atom. The highest BCUT2D eigenvalue weighted by Crippen LogP contribution is 2.18. The van der Waals surface area contributed by atoms with Gasteiger partial charge in [-0.05, 0) is 27.2 Å². The molecular weight excluding hydrogens is 232 g/mol. The highest BCUT2D eigenvalue weighted by atomic mass is 16.6. The monoisotopic (exact) mass is 254 g/mol. The lowest BCUT2D eigenvalue weighted by atomic mass is 10.1. The minimum absolute atomic E-state index is 0.0630. The zero-order valence-electron chi connectivity index (χ0n) is 11.6. The molecule has 1 atom stereocenters. The molecular formula is C13H22N2O3. The number of ether oxygens (including phenoxy) is 1. The average Bonchev–Trinajstić information content (AvgIpc) is 2.22. The summed E-state index contributed by atoms with van der Waals surface area (Å²) in [5, 5.41) is 0. The van der Waals surface area contributed by atoms with Crippen LogP contribution < -0.4 is 0 Å². The summed E-state index contributed by atoms with van der Waals surface area (Å²) in [5.74, 6) is -0.0630. The normalized spacial score (nSPS) is 20.9. The third-order valence-electron chi connectivity index (χ3n) is 2.73. The lowest BCUT2D eigenvalue weighted by molar-refractivity contribution is -0.139. The summed E-state index contributed by atoms with van der Waals surface area (Å²) in [4.78, 5) is 27.2. The standard InChI is InChI=1S/C13H22N2O3/c1-6-7-10-11(16)14(5)8-9-15(10)12(17)18-13(2,3)4/h6,10H,1,7-9H2,2-5H3. The van der Waals surface area contributed by atoms with Crippen molar-refractivity contribution in [1.29, 1.82) is 0 Å². The van der Waals surface area contributed by atoms with Gasteiger partial charge in [-0.1, -0.05) is 6.08 Å². The Hall–Kier alpha value is -1.52. The second kappa shape index (κ2) is 5.42. The molecule has 0 aromatic carbocycles. The van der Waals surface area contributed by atoms with Gasteiger partial charge in [0.15, 0.2) is 0 Å². The van der Waals surface area contributed by atoms with Gasteiger partial charge in [0.1, 0.15) is 11.6 Å². The van der Waals surface area contributed by atoms with E-state index < -0.39 is 17.7 Å². The molecule has 1 fully saturated rings. The summed E-state index contributed by atoms with van der Waals surface area (Å²) in [5.41, 5.74) is -0.553. The first-order chi connectivity index (χ1) is 8.26. The van der Waals surface area contributed by atoms with Gasteiger partial charge >= 0.3 is 6.09 Å². The van der Waals surface area contributed by atoms with Gasteiger partial charge in [-0.2, -0.15) is 0 Å². The molecule has 0 radical (unpaired) electrons. The molecule has 102 valence electrons. The lowest BCUT2D eigenvalue weighted by Crippen LogP contribution is -2.58. The van der Waals surface area contributed by atoms with E-state index in [-0.39, 0.29) is 5.91 Å². The van der Waals surface area contributed by atoms with Crippen LogP contribution in [0.1, 0.15) is 27.2 Å². The third-order valence-corrected chi connectivity index (χ3v) is 2.73. The Balaban J connectivity index is 2.81. The number of amides is 2. The van der Waals surface area contributed by atoms with E-state index in [0.717, 1.165) is 0 Å². The Morgan fingerprint density at radius 1 is 1.50 bits per heavy atom. The van der Waals surface area contributed by atoms with Crippen LogP contribution in [0.2, 0.25) is 0 Å². The number of piperazine rings is 1. The number of carbonyl (C=O) groups excluding carboxylic acids is 2. The maximum Gasteiger partial charge on any atom is 0.411 e. The second-order valence-electron chi connectivity index (χ2n) is 5.47. The van der Waals surface area contributed by atoms with Crippen molar-refractivity contribution in [2.75, 3.05) is 20.1 Å². The number of likely N-dealkylation sites (N-methyl/N-ethyl adjacent to an activating group) is 1. The van der Waals surface area contributed by atoms with E-state index in [1.54, 1.807) is 18.0 Å². The van der Waals surface area contributed by atoms with E-state index >= 15 is 0 Å². The molecule has 1 aliphatic heterocycles. The van der Waals surface area contributed by atoms with E-state index in [4.69, 9.17) is 4.74 Å². The summed E-state index contributed by atoms with van der Waals surface area (Å²) in [6.07, 6.45) is 1.66. The van der Waals surface area contributed by atoms with Crippen LogP contribution >= 0.6 is 0 Å². The maximum absolute atomic E-state index is 12.0. The first-order valence-electron chi connectivity index (χ1n) is 6.11. The van der Waals surface area contributed by atoms with Crippen LogP contribution in [-0.4, -0.2) is 53.6 Å². The van der Waals surface area contributed by atoms with Gasteiger partial charge in [-0.15, -0.1) is 6.58 Å². The molecule has 1 aliphatic rings. The van der Waals surface area contributed by atoms with Gasteiger partial charge in [-0.3, -0.25) is 9.69 Å². The summed E-state index contributed by atoms with van der Waals surface area (Å²) in [6, 6.07) is -0.490. The zero-order valence-corrected chi connectivity index (χ0v) is 11.6. The van der Waals surface area contributed by atoms with Gasteiger partial charge in [0.25, 0.3) is 0 Å². The molecule has 0 saturated carbocycles. The molecule has 1 saturated heterocycles. The van der Waals surface area contributed by atoms with Crippen molar-refractivity contribution in [3.8, 4) is 0 Å². The number of hydrogen-bond donors (Lipinski definition) is 0. The van der Waals surface area contributed by atoms with Gasteiger partial charge in [0.2, 0.25) is 5.91 Å². The van der Waals surface area contributed by atoms with Crippen molar-refractivity contribution >= 4 is 12.0 Å². The van der Waals surface area contributed by atoms with Crippen molar-refractivity contribution in [1.82, 2.24) is 9.80 Å². The number of rotatable bonds is 2. The molecule has 0 aromatic heterocycles. The van der Waals surface area contributed by atoms with Gasteiger partial charge in [-0.25, -0.2) is 4.79 Å². The first-order valence-corrected chi connectivity index (χ1v) is 6.11. The topological polar surface area (TPSA) is 49.9 Å². The second-order valence-corrected chi connectivity index (χ2v) is 5.47. The predicted octanol–water partition coefficient (Wildman–Crippen LogP) is 1.64. The van der Waals surface area contributed by atoms with E-state index in [2.05, 4.69) is 6.58 Å². The van der Waals surface area contributed by atoms with Gasteiger partial charge in [0.05, 0.1) is 0 Å². The Bertz CT molecular complexity index is 347. The third kappa shape index (κ3) is 3.48. The van der Waals surface area contributed by atoms with Crippen LogP contribution in [0.3, 0.4) is 0 Å². The van der Waals surface area contributed by atoms with Crippen molar-refractivity contribution in [2.24, 2.45) is 0 Å². The first kappa shape index (κ1) is 14.5. The van der Waals surface area contributed by atoms with Crippen molar-refractivity contribution in [3.05, 3.63) is 12.7 Å². The van der Waals surface area contributed by atoms with Crippen LogP contribution in [0.15, 0.2) is 12.7 Å². The fourth-order valence-electron chi connectivity index (χ4n) is 1.84. The molecule has 5 nitrogen and oxygen atoms in total. The van der Waals surface area contributed by atoms with Crippen LogP contribution in [0, 0.1) is 0 Å². The lowest BCUT2D eigenvalue weighted by Gasteiger charge is -2.39. The van der Waals surface area contributed by atoms with Crippen molar-refractivity contribution in [3.63, 3.8) is 0 Å². The summed E-state index contributed by atoms with van der Waals surface area (Å²) in [7, 11) is 1.74. The average molecular weight is 254 g/mol. The number of hydrogen-bond acceptors (Lipinski definition) is 3. The minimum atomic E-state index is -0.553. The molecule has 5 heteroatoms. The summed E-state index contributed by atoms with van der Waals surface area (Å²) in [6.45, 7) is 10.1. The van der Waals surface area contributed by atoms with Gasteiger partial charge in [0, 0.05) is 20.1 Å². The van der Waals surface area contributed by atoms with E-state index in [0.29, 0.717) is 19.5 Å². The molecule has 0 N–H and O–H groups in total. The van der Waals surface area contributed by atoms with E-state index in [9.17, 15) is 9.59 Å². The molecule has 2 amide bonds. The summed E-state index contributed by atoms with van der Waals surface area (Å²) < 4.78 is 5.32. The quantitative estimate of drug-likeness (QED) is 0.704. The molecule has 18 heavy (non-hydrogen) atoms. The minimum Gasteiger partial charge on any atom is -0.444 e. The predicted molar refractivity (Wildman–Crippen MR) is 69.2 cm³/mol. The SMILES string of the molecule is C=CCC1C(=O)N(C)CCN1C(=O)OC(C)(C)C. The summed E-state index contributed by atoms with van der Waals surface area (Å²) >= 11 is 0. The van der Waals surface area contributed by atoms with E-state index in [1.165, 1.54) is 4.90 Å². The molecule has 0 aliphatic carbocycles. The number of carbonyl (C=O) groups is 2. The fourth-order valence-corrected chi connectivity index (χ4v) is 1.84. The molecule has 1 rings (SSSR count). The molecule has 0 aromatic rings. The molecule has 0 bridgehead atoms. The highest BCUT2D eigenvalue weighted by molar-refractivity contribution is 5.87. The van der Waals surface area contributed by atoms with Crippen molar-refractivity contribution < 1.29 is 14.3 Å². The largest absolute Gasteiger partial charge is 0.444 e. The molecule has 0 spiro atoms. The van der Waals surface area contributed by atoms with Gasteiger partial charge < -0.3 is 9.64 Å². The zero-order chi connectivity index (χ0) is 13.9. The van der Waals surface area contributed by atoms with E-state index in [1.807, 2.05) is 20.8 Å².